The lowest BCUT2D eigenvalue weighted by Crippen LogP contribution is -2.09. The maximum absolute atomic E-state index is 5.66. The maximum Gasteiger partial charge on any atom is 0.161 e. The Hall–Kier alpha value is -2.34. The number of nitrogen functional groups attached to an aromatic ring is 1. The van der Waals surface area contributed by atoms with Crippen molar-refractivity contribution in [1.82, 2.24) is 9.97 Å². The normalized spacial score (nSPS) is 10.1. The second-order valence-electron chi connectivity index (χ2n) is 3.98. The van der Waals surface area contributed by atoms with Crippen LogP contribution in [-0.4, -0.2) is 17.1 Å². The number of ether oxygens (including phenoxy) is 2. The van der Waals surface area contributed by atoms with Gasteiger partial charge < -0.3 is 14.9 Å². The Morgan fingerprint density at radius 1 is 1.21 bits per heavy atom. The van der Waals surface area contributed by atoms with Gasteiger partial charge in [0.15, 0.2) is 17.3 Å². The summed E-state index contributed by atoms with van der Waals surface area (Å²) in [5, 5.41) is 0. The maximum atomic E-state index is 5.66. The molecule has 0 atom stereocenters. The van der Waals surface area contributed by atoms with Gasteiger partial charge in [-0.2, -0.15) is 0 Å². The molecule has 0 fully saturated rings. The summed E-state index contributed by atoms with van der Waals surface area (Å²) in [5.41, 5.74) is 4.24. The monoisotopic (exact) mass is 260 g/mol. The van der Waals surface area contributed by atoms with Gasteiger partial charge in [0.05, 0.1) is 25.2 Å². The molecule has 1 heterocycles. The van der Waals surface area contributed by atoms with Gasteiger partial charge in [-0.25, -0.2) is 10.8 Å². The average molecular weight is 260 g/mol. The summed E-state index contributed by atoms with van der Waals surface area (Å²) in [4.78, 5) is 8.22. The number of aryl methyl sites for hydroxylation is 1. The van der Waals surface area contributed by atoms with Gasteiger partial charge in [0.1, 0.15) is 6.61 Å². The second-order valence-corrected chi connectivity index (χ2v) is 3.98. The molecule has 2 rings (SSSR count). The molecule has 0 aliphatic heterocycles. The molecule has 2 aromatic rings. The van der Waals surface area contributed by atoms with E-state index >= 15 is 0 Å². The molecule has 1 aromatic heterocycles. The van der Waals surface area contributed by atoms with Gasteiger partial charge >= 0.3 is 0 Å². The van der Waals surface area contributed by atoms with Gasteiger partial charge in [-0.1, -0.05) is 6.07 Å². The standard InChI is InChI=1S/C13H16N4O2/c1-9-3-4-11(12(5-9)18-2)19-8-10-6-16-13(17-14)7-15-10/h3-7H,8,14H2,1-2H3,(H,16,17). The Labute approximate surface area is 111 Å². The highest BCUT2D eigenvalue weighted by atomic mass is 16.5. The Morgan fingerprint density at radius 3 is 2.68 bits per heavy atom. The third-order valence-electron chi connectivity index (χ3n) is 2.55. The van der Waals surface area contributed by atoms with Crippen molar-refractivity contribution >= 4 is 5.82 Å². The minimum Gasteiger partial charge on any atom is -0.493 e. The summed E-state index contributed by atoms with van der Waals surface area (Å²) >= 11 is 0. The van der Waals surface area contributed by atoms with Gasteiger partial charge in [0.2, 0.25) is 0 Å². The van der Waals surface area contributed by atoms with Crippen molar-refractivity contribution < 1.29 is 9.47 Å². The van der Waals surface area contributed by atoms with Crippen molar-refractivity contribution in [3.63, 3.8) is 0 Å². The summed E-state index contributed by atoms with van der Waals surface area (Å²) < 4.78 is 10.9. The molecule has 0 saturated heterocycles. The van der Waals surface area contributed by atoms with Gasteiger partial charge in [0, 0.05) is 0 Å². The topological polar surface area (TPSA) is 82.3 Å². The molecule has 0 spiro atoms. The van der Waals surface area contributed by atoms with Crippen LogP contribution in [0.2, 0.25) is 0 Å². The zero-order valence-corrected chi connectivity index (χ0v) is 10.9. The molecule has 0 bridgehead atoms. The highest BCUT2D eigenvalue weighted by Crippen LogP contribution is 2.28. The van der Waals surface area contributed by atoms with E-state index in [4.69, 9.17) is 15.3 Å². The summed E-state index contributed by atoms with van der Waals surface area (Å²) in [6.45, 7) is 2.31. The SMILES string of the molecule is COc1cc(C)ccc1OCc1cnc(NN)cn1. The van der Waals surface area contributed by atoms with E-state index in [0.717, 1.165) is 5.56 Å². The third-order valence-corrected chi connectivity index (χ3v) is 2.55. The molecule has 0 amide bonds. The molecule has 0 radical (unpaired) electrons. The zero-order valence-electron chi connectivity index (χ0n) is 10.9. The summed E-state index contributed by atoms with van der Waals surface area (Å²) in [6.07, 6.45) is 3.15. The van der Waals surface area contributed by atoms with Crippen LogP contribution in [-0.2, 0) is 6.61 Å². The quantitative estimate of drug-likeness (QED) is 0.628. The Morgan fingerprint density at radius 2 is 2.05 bits per heavy atom. The van der Waals surface area contributed by atoms with Crippen molar-refractivity contribution in [2.75, 3.05) is 12.5 Å². The van der Waals surface area contributed by atoms with E-state index in [1.165, 1.54) is 0 Å². The van der Waals surface area contributed by atoms with Crippen molar-refractivity contribution in [2.45, 2.75) is 13.5 Å². The van der Waals surface area contributed by atoms with Crippen LogP contribution in [0, 0.1) is 6.92 Å². The lowest BCUT2D eigenvalue weighted by molar-refractivity contribution is 0.280. The first-order valence-electron chi connectivity index (χ1n) is 5.78. The molecule has 0 aliphatic rings. The van der Waals surface area contributed by atoms with Gasteiger partial charge in [-0.3, -0.25) is 4.98 Å². The highest BCUT2D eigenvalue weighted by molar-refractivity contribution is 5.42. The lowest BCUT2D eigenvalue weighted by Gasteiger charge is -2.11. The highest BCUT2D eigenvalue weighted by Gasteiger charge is 2.05. The Bertz CT molecular complexity index is 543. The number of anilines is 1. The number of rotatable bonds is 5. The van der Waals surface area contributed by atoms with E-state index in [-0.39, 0.29) is 0 Å². The van der Waals surface area contributed by atoms with Crippen LogP contribution in [0.5, 0.6) is 11.5 Å². The minimum absolute atomic E-state index is 0.317. The first-order valence-corrected chi connectivity index (χ1v) is 5.78. The predicted octanol–water partition coefficient (Wildman–Crippen LogP) is 1.66. The molecule has 3 N–H and O–H groups in total. The molecular weight excluding hydrogens is 244 g/mol. The minimum atomic E-state index is 0.317. The summed E-state index contributed by atoms with van der Waals surface area (Å²) in [7, 11) is 1.61. The number of nitrogens with zero attached hydrogens (tertiary/aromatic N) is 2. The summed E-state index contributed by atoms with van der Waals surface area (Å²) in [6, 6.07) is 5.75. The third kappa shape index (κ3) is 3.32. The van der Waals surface area contributed by atoms with Crippen molar-refractivity contribution in [2.24, 2.45) is 5.84 Å². The van der Waals surface area contributed by atoms with Gasteiger partial charge in [-0.15, -0.1) is 0 Å². The van der Waals surface area contributed by atoms with Crippen molar-refractivity contribution in [1.29, 1.82) is 0 Å². The number of hydrazine groups is 1. The number of nitrogens with one attached hydrogen (secondary N) is 1. The fraction of sp³-hybridized carbons (Fsp3) is 0.231. The molecule has 0 saturated carbocycles. The molecule has 19 heavy (non-hydrogen) atoms. The molecule has 0 aliphatic carbocycles. The fourth-order valence-electron chi connectivity index (χ4n) is 1.55. The van der Waals surface area contributed by atoms with Crippen LogP contribution in [0.3, 0.4) is 0 Å². The summed E-state index contributed by atoms with van der Waals surface area (Å²) in [5.74, 6) is 7.11. The zero-order chi connectivity index (χ0) is 13.7. The van der Waals surface area contributed by atoms with Crippen LogP contribution in [0.25, 0.3) is 0 Å². The largest absolute Gasteiger partial charge is 0.493 e. The smallest absolute Gasteiger partial charge is 0.161 e. The Balaban J connectivity index is 2.05. The van der Waals surface area contributed by atoms with E-state index in [1.54, 1.807) is 19.5 Å². The fourth-order valence-corrected chi connectivity index (χ4v) is 1.55. The molecular formula is C13H16N4O2. The van der Waals surface area contributed by atoms with Crippen LogP contribution in [0.1, 0.15) is 11.3 Å². The predicted molar refractivity (Wildman–Crippen MR) is 71.9 cm³/mol. The molecule has 6 nitrogen and oxygen atoms in total. The van der Waals surface area contributed by atoms with Crippen LogP contribution in [0.15, 0.2) is 30.6 Å². The van der Waals surface area contributed by atoms with Crippen molar-refractivity contribution in [3.8, 4) is 11.5 Å². The molecule has 0 unspecified atom stereocenters. The van der Waals surface area contributed by atoms with Crippen LogP contribution >= 0.6 is 0 Å². The molecule has 6 heteroatoms. The first-order chi connectivity index (χ1) is 9.22. The number of methoxy groups -OCH3 is 1. The molecule has 100 valence electrons. The van der Waals surface area contributed by atoms with E-state index in [2.05, 4.69) is 15.4 Å². The van der Waals surface area contributed by atoms with E-state index in [0.29, 0.717) is 29.6 Å². The first kappa shape index (κ1) is 13.1. The van der Waals surface area contributed by atoms with Crippen molar-refractivity contribution in [3.05, 3.63) is 41.9 Å². The number of hydrogen-bond donors (Lipinski definition) is 2. The number of aromatic nitrogens is 2. The average Bonchev–Trinajstić information content (AvgIpc) is 2.46. The van der Waals surface area contributed by atoms with E-state index in [1.807, 2.05) is 25.1 Å². The lowest BCUT2D eigenvalue weighted by atomic mass is 10.2. The number of nitrogens with two attached hydrogens (primary N) is 1. The number of benzene rings is 1. The van der Waals surface area contributed by atoms with Crippen LogP contribution in [0.4, 0.5) is 5.82 Å². The van der Waals surface area contributed by atoms with E-state index < -0.39 is 0 Å². The van der Waals surface area contributed by atoms with Gasteiger partial charge in [0.25, 0.3) is 0 Å². The second kappa shape index (κ2) is 6.01. The Kier molecular flexibility index (Phi) is 4.15. The van der Waals surface area contributed by atoms with E-state index in [9.17, 15) is 0 Å². The molecule has 1 aromatic carbocycles. The van der Waals surface area contributed by atoms with Crippen LogP contribution < -0.4 is 20.7 Å². The van der Waals surface area contributed by atoms with Gasteiger partial charge in [-0.05, 0) is 24.6 Å². The number of hydrogen-bond acceptors (Lipinski definition) is 6.